The van der Waals surface area contributed by atoms with E-state index in [-0.39, 0.29) is 11.0 Å². The van der Waals surface area contributed by atoms with Crippen molar-refractivity contribution in [2.75, 3.05) is 26.2 Å². The van der Waals surface area contributed by atoms with Gasteiger partial charge in [0.25, 0.3) is 0 Å². The molecule has 17 heavy (non-hydrogen) atoms. The first kappa shape index (κ1) is 14.9. The molecule has 2 N–H and O–H groups in total. The third kappa shape index (κ3) is 4.23. The number of nitrogens with zero attached hydrogens (tertiary/aromatic N) is 1. The van der Waals surface area contributed by atoms with E-state index < -0.39 is 0 Å². The minimum Gasteiger partial charge on any atom is -0.377 e. The van der Waals surface area contributed by atoms with Crippen molar-refractivity contribution in [2.24, 2.45) is 11.1 Å². The van der Waals surface area contributed by atoms with Crippen molar-refractivity contribution in [1.29, 1.82) is 0 Å². The van der Waals surface area contributed by atoms with Crippen LogP contribution in [0.1, 0.15) is 47.5 Å². The number of hydrogen-bond donors (Lipinski definition) is 1. The number of ether oxygens (including phenoxy) is 1. The quantitative estimate of drug-likeness (QED) is 0.803. The number of hydrogen-bond acceptors (Lipinski definition) is 3. The summed E-state index contributed by atoms with van der Waals surface area (Å²) in [4.78, 5) is 2.51. The van der Waals surface area contributed by atoms with Crippen LogP contribution < -0.4 is 5.73 Å². The van der Waals surface area contributed by atoms with Gasteiger partial charge < -0.3 is 15.4 Å². The predicted molar refractivity (Wildman–Crippen MR) is 73.1 cm³/mol. The zero-order valence-electron chi connectivity index (χ0n) is 12.3. The van der Waals surface area contributed by atoms with E-state index in [2.05, 4.69) is 39.5 Å². The fraction of sp³-hybridized carbons (Fsp3) is 1.00. The molecule has 1 unspecified atom stereocenters. The van der Waals surface area contributed by atoms with E-state index in [0.29, 0.717) is 6.10 Å². The highest BCUT2D eigenvalue weighted by atomic mass is 16.5. The third-order valence-electron chi connectivity index (χ3n) is 4.23. The number of piperidine rings is 1. The summed E-state index contributed by atoms with van der Waals surface area (Å²) in [5.41, 5.74) is 6.24. The molecule has 1 saturated heterocycles. The Balaban J connectivity index is 2.51. The second-order valence-corrected chi connectivity index (χ2v) is 6.56. The second-order valence-electron chi connectivity index (χ2n) is 6.56. The van der Waals surface area contributed by atoms with Gasteiger partial charge in [-0.15, -0.1) is 0 Å². The molecule has 1 aliphatic heterocycles. The first-order valence-corrected chi connectivity index (χ1v) is 6.89. The van der Waals surface area contributed by atoms with E-state index in [9.17, 15) is 0 Å². The Hall–Kier alpha value is -0.120. The summed E-state index contributed by atoms with van der Waals surface area (Å²) in [6.07, 6.45) is 2.87. The lowest BCUT2D eigenvalue weighted by atomic mass is 9.74. The van der Waals surface area contributed by atoms with Gasteiger partial charge in [-0.05, 0) is 45.6 Å². The zero-order chi connectivity index (χ0) is 13.1. The van der Waals surface area contributed by atoms with Crippen molar-refractivity contribution in [3.63, 3.8) is 0 Å². The molecule has 3 nitrogen and oxygen atoms in total. The van der Waals surface area contributed by atoms with Gasteiger partial charge in [0.15, 0.2) is 0 Å². The van der Waals surface area contributed by atoms with Crippen molar-refractivity contribution in [3.05, 3.63) is 0 Å². The third-order valence-corrected chi connectivity index (χ3v) is 4.23. The van der Waals surface area contributed by atoms with E-state index in [4.69, 9.17) is 10.5 Å². The first-order valence-electron chi connectivity index (χ1n) is 6.89. The van der Waals surface area contributed by atoms with E-state index in [1.54, 1.807) is 0 Å². The van der Waals surface area contributed by atoms with Crippen molar-refractivity contribution in [1.82, 2.24) is 4.90 Å². The summed E-state index contributed by atoms with van der Waals surface area (Å²) in [5.74, 6) is 0. The number of nitrogens with two attached hydrogens (primary N) is 1. The molecule has 0 saturated carbocycles. The summed E-state index contributed by atoms with van der Waals surface area (Å²) in [5, 5.41) is 0. The van der Waals surface area contributed by atoms with E-state index in [1.165, 1.54) is 19.4 Å². The van der Waals surface area contributed by atoms with Crippen molar-refractivity contribution in [2.45, 2.75) is 59.1 Å². The molecular formula is C14H30N2O. The molecule has 0 radical (unpaired) electrons. The Bertz CT molecular complexity index is 231. The minimum absolute atomic E-state index is 0.126. The van der Waals surface area contributed by atoms with Gasteiger partial charge in [-0.2, -0.15) is 0 Å². The average molecular weight is 242 g/mol. The van der Waals surface area contributed by atoms with Crippen LogP contribution in [0.5, 0.6) is 0 Å². The lowest BCUT2D eigenvalue weighted by Crippen LogP contribution is -2.54. The highest BCUT2D eigenvalue weighted by molar-refractivity contribution is 4.93. The van der Waals surface area contributed by atoms with Crippen LogP contribution in [-0.4, -0.2) is 42.8 Å². The van der Waals surface area contributed by atoms with Crippen LogP contribution in [0.2, 0.25) is 0 Å². The summed E-state index contributed by atoms with van der Waals surface area (Å²) in [6.45, 7) is 15.0. The highest BCUT2D eigenvalue weighted by Gasteiger charge is 2.36. The lowest BCUT2D eigenvalue weighted by molar-refractivity contribution is -0.0103. The standard InChI is InChI=1S/C14H30N2O/c1-6-17-12-8-7-9-16(10-12)11-13(2,3)14(4,5)15/h12H,6-11,15H2,1-5H3. The molecule has 0 aromatic rings. The Morgan fingerprint density at radius 1 is 1.29 bits per heavy atom. The van der Waals surface area contributed by atoms with Crippen LogP contribution in [0.15, 0.2) is 0 Å². The molecule has 102 valence electrons. The van der Waals surface area contributed by atoms with Gasteiger partial charge in [0.2, 0.25) is 0 Å². The van der Waals surface area contributed by atoms with Crippen LogP contribution in [-0.2, 0) is 4.74 Å². The van der Waals surface area contributed by atoms with Crippen molar-refractivity contribution < 1.29 is 4.74 Å². The summed E-state index contributed by atoms with van der Waals surface area (Å²) < 4.78 is 5.74. The molecule has 1 rings (SSSR count). The van der Waals surface area contributed by atoms with E-state index in [0.717, 1.165) is 19.7 Å². The second kappa shape index (κ2) is 5.68. The Labute approximate surface area is 107 Å². The number of likely N-dealkylation sites (tertiary alicyclic amines) is 1. The molecule has 1 atom stereocenters. The van der Waals surface area contributed by atoms with Gasteiger partial charge in [-0.1, -0.05) is 13.8 Å². The summed E-state index contributed by atoms with van der Waals surface area (Å²) in [7, 11) is 0. The van der Waals surface area contributed by atoms with Gasteiger partial charge in [-0.3, -0.25) is 0 Å². The highest BCUT2D eigenvalue weighted by Crippen LogP contribution is 2.30. The average Bonchev–Trinajstić information content (AvgIpc) is 2.16. The van der Waals surface area contributed by atoms with Crippen LogP contribution in [0.3, 0.4) is 0 Å². The summed E-state index contributed by atoms with van der Waals surface area (Å²) >= 11 is 0. The Kier molecular flexibility index (Phi) is 4.99. The molecule has 3 heteroatoms. The van der Waals surface area contributed by atoms with E-state index >= 15 is 0 Å². The maximum Gasteiger partial charge on any atom is 0.0702 e. The smallest absolute Gasteiger partial charge is 0.0702 e. The molecule has 1 heterocycles. The topological polar surface area (TPSA) is 38.5 Å². The van der Waals surface area contributed by atoms with Crippen LogP contribution in [0, 0.1) is 5.41 Å². The van der Waals surface area contributed by atoms with Gasteiger partial charge in [0.05, 0.1) is 6.10 Å². The molecule has 0 amide bonds. The van der Waals surface area contributed by atoms with Crippen LogP contribution >= 0.6 is 0 Å². The number of rotatable bonds is 5. The first-order chi connectivity index (χ1) is 7.76. The predicted octanol–water partition coefficient (Wildman–Crippen LogP) is 2.25. The fourth-order valence-corrected chi connectivity index (χ4v) is 2.29. The molecule has 0 aliphatic carbocycles. The molecule has 0 aromatic carbocycles. The van der Waals surface area contributed by atoms with E-state index in [1.807, 2.05) is 0 Å². The van der Waals surface area contributed by atoms with Crippen molar-refractivity contribution >= 4 is 0 Å². The largest absolute Gasteiger partial charge is 0.377 e. The zero-order valence-corrected chi connectivity index (χ0v) is 12.3. The van der Waals surface area contributed by atoms with Gasteiger partial charge in [0.1, 0.15) is 0 Å². The monoisotopic (exact) mass is 242 g/mol. The lowest BCUT2D eigenvalue weighted by Gasteiger charge is -2.44. The fourth-order valence-electron chi connectivity index (χ4n) is 2.29. The molecule has 0 bridgehead atoms. The van der Waals surface area contributed by atoms with Crippen LogP contribution in [0.4, 0.5) is 0 Å². The molecule has 1 fully saturated rings. The maximum atomic E-state index is 6.27. The maximum absolute atomic E-state index is 6.27. The Morgan fingerprint density at radius 2 is 1.94 bits per heavy atom. The molecule has 1 aliphatic rings. The van der Waals surface area contributed by atoms with Gasteiger partial charge in [-0.25, -0.2) is 0 Å². The summed E-state index contributed by atoms with van der Waals surface area (Å²) in [6, 6.07) is 0. The van der Waals surface area contributed by atoms with Crippen LogP contribution in [0.25, 0.3) is 0 Å². The van der Waals surface area contributed by atoms with Crippen molar-refractivity contribution in [3.8, 4) is 0 Å². The Morgan fingerprint density at radius 3 is 2.47 bits per heavy atom. The molecule has 0 aromatic heterocycles. The molecule has 0 spiro atoms. The molecular weight excluding hydrogens is 212 g/mol. The minimum atomic E-state index is -0.147. The van der Waals surface area contributed by atoms with Gasteiger partial charge >= 0.3 is 0 Å². The van der Waals surface area contributed by atoms with Gasteiger partial charge in [0, 0.05) is 25.2 Å². The SMILES string of the molecule is CCOC1CCCN(CC(C)(C)C(C)(C)N)C1. The normalized spacial score (nSPS) is 24.0.